The molecule has 3 aromatic rings. The lowest BCUT2D eigenvalue weighted by Gasteiger charge is -2.17. The molecule has 0 aromatic heterocycles. The van der Waals surface area contributed by atoms with E-state index in [1.807, 2.05) is 30.3 Å². The summed E-state index contributed by atoms with van der Waals surface area (Å²) in [5, 5.41) is 0. The van der Waals surface area contributed by atoms with Crippen molar-refractivity contribution < 1.29 is 52.6 Å². The Labute approximate surface area is 211 Å². The molecule has 0 fully saturated rings. The average Bonchev–Trinajstić information content (AvgIpc) is 2.81. The predicted molar refractivity (Wildman–Crippen MR) is 127 cm³/mol. The van der Waals surface area contributed by atoms with Crippen LogP contribution in [0, 0.1) is 0 Å². The minimum Gasteiger partial charge on any atom is -0.496 e. The lowest BCUT2D eigenvalue weighted by molar-refractivity contribution is -0.0500. The molecule has 0 bridgehead atoms. The molecule has 0 N–H and O–H groups in total. The second-order valence-corrected chi connectivity index (χ2v) is 10.5. The van der Waals surface area contributed by atoms with Crippen molar-refractivity contribution in [1.82, 2.24) is 0 Å². The molecule has 0 atom stereocenters. The van der Waals surface area contributed by atoms with Crippen LogP contribution < -0.4 is 22.6 Å². The molecule has 200 valence electrons. The SMILES string of the molecule is COc1cc(-c2ccc(OCc3ccccc3)c(OS(C)(=O)=O)c2)c(OC)cc1OS(=O)(=O)C(F)(F)F. The maximum atomic E-state index is 12.8. The number of methoxy groups -OCH3 is 2. The van der Waals surface area contributed by atoms with Gasteiger partial charge in [-0.15, -0.1) is 0 Å². The lowest BCUT2D eigenvalue weighted by Crippen LogP contribution is -2.28. The third-order valence-electron chi connectivity index (χ3n) is 4.70. The Morgan fingerprint density at radius 2 is 1.35 bits per heavy atom. The zero-order valence-corrected chi connectivity index (χ0v) is 21.2. The molecule has 0 amide bonds. The third kappa shape index (κ3) is 6.98. The van der Waals surface area contributed by atoms with Crippen molar-refractivity contribution in [2.24, 2.45) is 0 Å². The molecule has 0 aliphatic rings. The van der Waals surface area contributed by atoms with E-state index in [0.717, 1.165) is 25.0 Å². The summed E-state index contributed by atoms with van der Waals surface area (Å²) in [5.41, 5.74) is -4.37. The van der Waals surface area contributed by atoms with Crippen molar-refractivity contribution in [3.05, 3.63) is 66.2 Å². The van der Waals surface area contributed by atoms with Gasteiger partial charge >= 0.3 is 25.7 Å². The molecule has 0 radical (unpaired) electrons. The number of ether oxygens (including phenoxy) is 3. The van der Waals surface area contributed by atoms with Crippen LogP contribution in [0.1, 0.15) is 5.56 Å². The molecule has 0 heterocycles. The Morgan fingerprint density at radius 1 is 0.730 bits per heavy atom. The Bertz CT molecular complexity index is 1470. The van der Waals surface area contributed by atoms with E-state index in [4.69, 9.17) is 18.4 Å². The fraction of sp³-hybridized carbons (Fsp3) is 0.217. The van der Waals surface area contributed by atoms with Crippen LogP contribution in [0.2, 0.25) is 0 Å². The molecule has 0 unspecified atom stereocenters. The first-order valence-electron chi connectivity index (χ1n) is 10.2. The quantitative estimate of drug-likeness (QED) is 0.260. The second kappa shape index (κ2) is 10.8. The normalized spacial score (nSPS) is 12.1. The molecule has 37 heavy (non-hydrogen) atoms. The molecule has 0 saturated carbocycles. The monoisotopic (exact) mass is 562 g/mol. The zero-order chi connectivity index (χ0) is 27.4. The van der Waals surface area contributed by atoms with Gasteiger partial charge in [0.25, 0.3) is 0 Å². The van der Waals surface area contributed by atoms with Crippen molar-refractivity contribution in [3.63, 3.8) is 0 Å². The number of benzene rings is 3. The highest BCUT2D eigenvalue weighted by Gasteiger charge is 2.49. The van der Waals surface area contributed by atoms with Crippen molar-refractivity contribution in [1.29, 1.82) is 0 Å². The molecule has 9 nitrogen and oxygen atoms in total. The molecule has 0 spiro atoms. The summed E-state index contributed by atoms with van der Waals surface area (Å²) in [7, 11) is -7.68. The highest BCUT2D eigenvalue weighted by Crippen LogP contribution is 2.44. The number of rotatable bonds is 10. The van der Waals surface area contributed by atoms with Crippen LogP contribution >= 0.6 is 0 Å². The first-order valence-corrected chi connectivity index (χ1v) is 13.4. The minimum absolute atomic E-state index is 0.0974. The van der Waals surface area contributed by atoms with Crippen LogP contribution in [-0.4, -0.2) is 42.8 Å². The van der Waals surface area contributed by atoms with E-state index >= 15 is 0 Å². The van der Waals surface area contributed by atoms with Crippen LogP contribution in [0.5, 0.6) is 28.7 Å². The van der Waals surface area contributed by atoms with E-state index in [1.54, 1.807) is 0 Å². The van der Waals surface area contributed by atoms with Crippen molar-refractivity contribution >= 4 is 20.2 Å². The Morgan fingerprint density at radius 3 is 1.92 bits per heavy atom. The number of hydrogen-bond acceptors (Lipinski definition) is 9. The van der Waals surface area contributed by atoms with E-state index in [0.29, 0.717) is 0 Å². The molecule has 14 heteroatoms. The Balaban J connectivity index is 2.06. The minimum atomic E-state index is -5.99. The standard InChI is InChI=1S/C23H21F3O9S2/c1-31-19-13-22(35-37(29,30)23(24,25)26)20(32-2)12-17(19)16-9-10-18(21(11-16)34-36(3,27)28)33-14-15-7-5-4-6-8-15/h4-13H,14H2,1-3H3. The summed E-state index contributed by atoms with van der Waals surface area (Å²) in [4.78, 5) is 0. The van der Waals surface area contributed by atoms with E-state index in [2.05, 4.69) is 4.18 Å². The lowest BCUT2D eigenvalue weighted by atomic mass is 10.0. The van der Waals surface area contributed by atoms with Gasteiger partial charge in [-0.05, 0) is 29.3 Å². The second-order valence-electron chi connectivity index (χ2n) is 7.41. The Hall–Kier alpha value is -3.65. The summed E-state index contributed by atoms with van der Waals surface area (Å²) >= 11 is 0. The average molecular weight is 563 g/mol. The third-order valence-corrected chi connectivity index (χ3v) is 6.15. The molecular formula is C23H21F3O9S2. The van der Waals surface area contributed by atoms with Crippen LogP contribution in [0.4, 0.5) is 13.2 Å². The summed E-state index contributed by atoms with van der Waals surface area (Å²) < 4.78 is 110. The van der Waals surface area contributed by atoms with Gasteiger partial charge < -0.3 is 22.6 Å². The topological polar surface area (TPSA) is 114 Å². The molecule has 3 rings (SSSR count). The number of hydrogen-bond donors (Lipinski definition) is 0. The summed E-state index contributed by atoms with van der Waals surface area (Å²) in [6.07, 6.45) is 0.845. The molecule has 3 aromatic carbocycles. The van der Waals surface area contributed by atoms with Crippen molar-refractivity contribution in [3.8, 4) is 39.9 Å². The smallest absolute Gasteiger partial charge is 0.496 e. The largest absolute Gasteiger partial charge is 0.534 e. The van der Waals surface area contributed by atoms with E-state index in [1.165, 1.54) is 31.4 Å². The number of halogens is 3. The van der Waals surface area contributed by atoms with Gasteiger partial charge in [-0.1, -0.05) is 36.4 Å². The zero-order valence-electron chi connectivity index (χ0n) is 19.6. The molecular weight excluding hydrogens is 541 g/mol. The highest BCUT2D eigenvalue weighted by atomic mass is 32.2. The molecule has 0 aliphatic heterocycles. The fourth-order valence-electron chi connectivity index (χ4n) is 3.08. The summed E-state index contributed by atoms with van der Waals surface area (Å²) in [6, 6.07) is 15.4. The Kier molecular flexibility index (Phi) is 8.12. The van der Waals surface area contributed by atoms with Gasteiger partial charge in [0, 0.05) is 11.6 Å². The first kappa shape index (κ1) is 27.9. The molecule has 0 saturated heterocycles. The van der Waals surface area contributed by atoms with Gasteiger partial charge in [0.05, 0.1) is 20.5 Å². The first-order chi connectivity index (χ1) is 17.2. The predicted octanol–water partition coefficient (Wildman–Crippen LogP) is 4.52. The summed E-state index contributed by atoms with van der Waals surface area (Å²) in [5.74, 6) is -1.30. The highest BCUT2D eigenvalue weighted by molar-refractivity contribution is 7.88. The van der Waals surface area contributed by atoms with Gasteiger partial charge in [0.2, 0.25) is 0 Å². The van der Waals surface area contributed by atoms with Gasteiger partial charge in [-0.3, -0.25) is 0 Å². The van der Waals surface area contributed by atoms with Crippen molar-refractivity contribution in [2.45, 2.75) is 12.1 Å². The van der Waals surface area contributed by atoms with Crippen LogP contribution in [0.25, 0.3) is 11.1 Å². The summed E-state index contributed by atoms with van der Waals surface area (Å²) in [6.45, 7) is 0.108. The van der Waals surface area contributed by atoms with E-state index in [-0.39, 0.29) is 40.7 Å². The van der Waals surface area contributed by atoms with Crippen LogP contribution in [0.3, 0.4) is 0 Å². The van der Waals surface area contributed by atoms with Crippen molar-refractivity contribution in [2.75, 3.05) is 20.5 Å². The maximum absolute atomic E-state index is 12.8. The van der Waals surface area contributed by atoms with E-state index in [9.17, 15) is 30.0 Å². The fourth-order valence-corrected chi connectivity index (χ4v) is 4.00. The molecule has 0 aliphatic carbocycles. The number of alkyl halides is 3. The van der Waals surface area contributed by atoms with E-state index < -0.39 is 31.5 Å². The van der Waals surface area contributed by atoms with Gasteiger partial charge in [0.1, 0.15) is 12.4 Å². The van der Waals surface area contributed by atoms with Crippen LogP contribution in [-0.2, 0) is 26.8 Å². The van der Waals surface area contributed by atoms with Gasteiger partial charge in [-0.2, -0.15) is 30.0 Å². The van der Waals surface area contributed by atoms with Gasteiger partial charge in [-0.25, -0.2) is 0 Å². The van der Waals surface area contributed by atoms with Crippen LogP contribution in [0.15, 0.2) is 60.7 Å². The maximum Gasteiger partial charge on any atom is 0.534 e. The van der Waals surface area contributed by atoms with Gasteiger partial charge in [0.15, 0.2) is 23.0 Å².